The van der Waals surface area contributed by atoms with Crippen molar-refractivity contribution >= 4 is 11.4 Å². The zero-order valence-electron chi connectivity index (χ0n) is 12.2. The second-order valence-corrected chi connectivity index (χ2v) is 4.52. The molecule has 0 bridgehead atoms. The summed E-state index contributed by atoms with van der Waals surface area (Å²) in [6.07, 6.45) is 0. The largest absolute Gasteiger partial charge is 0.493 e. The van der Waals surface area contributed by atoms with E-state index in [1.807, 2.05) is 13.8 Å². The monoisotopic (exact) mass is 283 g/mol. The van der Waals surface area contributed by atoms with Crippen LogP contribution in [0.4, 0.5) is 11.4 Å². The third kappa shape index (κ3) is 4.27. The highest BCUT2D eigenvalue weighted by atomic mass is 16.6. The lowest BCUT2D eigenvalue weighted by Crippen LogP contribution is -2.28. The van der Waals surface area contributed by atoms with Crippen LogP contribution in [-0.2, 0) is 0 Å². The first-order valence-electron chi connectivity index (χ1n) is 6.37. The Labute approximate surface area is 118 Å². The summed E-state index contributed by atoms with van der Waals surface area (Å²) in [5, 5.41) is 17.3. The highest BCUT2D eigenvalue weighted by Crippen LogP contribution is 2.37. The second-order valence-electron chi connectivity index (χ2n) is 4.52. The van der Waals surface area contributed by atoms with Crippen molar-refractivity contribution in [1.82, 2.24) is 5.32 Å². The van der Waals surface area contributed by atoms with E-state index in [0.29, 0.717) is 36.3 Å². The van der Waals surface area contributed by atoms with Crippen LogP contribution in [0.2, 0.25) is 0 Å². The van der Waals surface area contributed by atoms with Crippen LogP contribution in [0.5, 0.6) is 11.5 Å². The van der Waals surface area contributed by atoms with Crippen LogP contribution in [0.3, 0.4) is 0 Å². The van der Waals surface area contributed by atoms with Gasteiger partial charge in [-0.2, -0.15) is 0 Å². The van der Waals surface area contributed by atoms with Crippen molar-refractivity contribution in [3.05, 3.63) is 22.2 Å². The zero-order valence-corrected chi connectivity index (χ0v) is 12.2. The Kier molecular flexibility index (Phi) is 6.05. The second kappa shape index (κ2) is 7.54. The van der Waals surface area contributed by atoms with E-state index >= 15 is 0 Å². The Morgan fingerprint density at radius 1 is 1.20 bits per heavy atom. The molecule has 0 radical (unpaired) electrons. The molecule has 0 unspecified atom stereocenters. The minimum Gasteiger partial charge on any atom is -0.493 e. The number of nitrogens with zero attached hydrogens (tertiary/aromatic N) is 1. The van der Waals surface area contributed by atoms with Crippen molar-refractivity contribution in [2.45, 2.75) is 19.9 Å². The summed E-state index contributed by atoms with van der Waals surface area (Å²) in [4.78, 5) is 10.6. The number of nitrogens with one attached hydrogen (secondary N) is 2. The molecule has 0 fully saturated rings. The molecule has 1 aromatic rings. The summed E-state index contributed by atoms with van der Waals surface area (Å²) in [6, 6.07) is 3.31. The molecule has 1 aromatic carbocycles. The lowest BCUT2D eigenvalue weighted by molar-refractivity contribution is -0.384. The van der Waals surface area contributed by atoms with Crippen molar-refractivity contribution in [2.24, 2.45) is 0 Å². The standard InChI is InChI=1S/C13H21N3O4/c1-9(2)14-5-6-15-10-7-12(19-3)13(20-4)8-11(10)16(17)18/h7-9,14-15H,5-6H2,1-4H3. The van der Waals surface area contributed by atoms with Crippen molar-refractivity contribution in [3.63, 3.8) is 0 Å². The molecule has 1 rings (SSSR count). The molecule has 7 heteroatoms. The van der Waals surface area contributed by atoms with E-state index in [9.17, 15) is 10.1 Å². The van der Waals surface area contributed by atoms with Crippen LogP contribution in [-0.4, -0.2) is 38.3 Å². The van der Waals surface area contributed by atoms with Gasteiger partial charge in [0.2, 0.25) is 0 Å². The highest BCUT2D eigenvalue weighted by molar-refractivity contribution is 5.68. The SMILES string of the molecule is COc1cc(NCCNC(C)C)c([N+](=O)[O-])cc1OC. The molecule has 20 heavy (non-hydrogen) atoms. The van der Waals surface area contributed by atoms with Gasteiger partial charge in [-0.15, -0.1) is 0 Å². The van der Waals surface area contributed by atoms with Crippen LogP contribution in [0, 0.1) is 10.1 Å². The van der Waals surface area contributed by atoms with Crippen molar-refractivity contribution in [1.29, 1.82) is 0 Å². The van der Waals surface area contributed by atoms with Gasteiger partial charge in [-0.3, -0.25) is 10.1 Å². The van der Waals surface area contributed by atoms with Gasteiger partial charge in [0.1, 0.15) is 5.69 Å². The molecule has 0 saturated heterocycles. The van der Waals surface area contributed by atoms with Gasteiger partial charge in [-0.25, -0.2) is 0 Å². The van der Waals surface area contributed by atoms with E-state index in [-0.39, 0.29) is 5.69 Å². The molecule has 0 spiro atoms. The van der Waals surface area contributed by atoms with Crippen molar-refractivity contribution in [2.75, 3.05) is 32.6 Å². The molecule has 2 N–H and O–H groups in total. The molecule has 0 atom stereocenters. The van der Waals surface area contributed by atoms with Crippen LogP contribution in [0.25, 0.3) is 0 Å². The maximum Gasteiger partial charge on any atom is 0.296 e. The molecule has 7 nitrogen and oxygen atoms in total. The average molecular weight is 283 g/mol. The number of methoxy groups -OCH3 is 2. The Morgan fingerprint density at radius 2 is 1.80 bits per heavy atom. The Balaban J connectivity index is 2.89. The summed E-state index contributed by atoms with van der Waals surface area (Å²) in [7, 11) is 2.94. The van der Waals surface area contributed by atoms with Crippen molar-refractivity contribution in [3.8, 4) is 11.5 Å². The Bertz CT molecular complexity index is 463. The fourth-order valence-corrected chi connectivity index (χ4v) is 1.72. The number of anilines is 1. The predicted molar refractivity (Wildman–Crippen MR) is 77.8 cm³/mol. The van der Waals surface area contributed by atoms with Gasteiger partial charge in [0.05, 0.1) is 25.2 Å². The first-order valence-corrected chi connectivity index (χ1v) is 6.37. The molecular weight excluding hydrogens is 262 g/mol. The third-order valence-corrected chi connectivity index (χ3v) is 2.69. The lowest BCUT2D eigenvalue weighted by Gasteiger charge is -2.13. The van der Waals surface area contributed by atoms with Gasteiger partial charge in [0.25, 0.3) is 5.69 Å². The number of rotatable bonds is 8. The molecule has 112 valence electrons. The van der Waals surface area contributed by atoms with E-state index in [2.05, 4.69) is 10.6 Å². The topological polar surface area (TPSA) is 85.7 Å². The van der Waals surface area contributed by atoms with Crippen LogP contribution in [0.15, 0.2) is 12.1 Å². The number of hydrogen-bond acceptors (Lipinski definition) is 6. The normalized spacial score (nSPS) is 10.4. The number of hydrogen-bond donors (Lipinski definition) is 2. The van der Waals surface area contributed by atoms with Crippen molar-refractivity contribution < 1.29 is 14.4 Å². The molecule has 0 saturated carbocycles. The minimum atomic E-state index is -0.444. The summed E-state index contributed by atoms with van der Waals surface area (Å²) in [5.74, 6) is 0.794. The third-order valence-electron chi connectivity index (χ3n) is 2.69. The lowest BCUT2D eigenvalue weighted by atomic mass is 10.2. The predicted octanol–water partition coefficient (Wildman–Crippen LogP) is 2.02. The fraction of sp³-hybridized carbons (Fsp3) is 0.538. The molecule has 0 aromatic heterocycles. The molecule has 0 aliphatic carbocycles. The van der Waals surface area contributed by atoms with Gasteiger partial charge in [-0.05, 0) is 0 Å². The van der Waals surface area contributed by atoms with E-state index in [1.165, 1.54) is 20.3 Å². The fourth-order valence-electron chi connectivity index (χ4n) is 1.72. The maximum atomic E-state index is 11.1. The summed E-state index contributed by atoms with van der Waals surface area (Å²) in [5.41, 5.74) is 0.380. The van der Waals surface area contributed by atoms with E-state index in [1.54, 1.807) is 6.07 Å². The van der Waals surface area contributed by atoms with Gasteiger partial charge in [-0.1, -0.05) is 13.8 Å². The summed E-state index contributed by atoms with van der Waals surface area (Å²) < 4.78 is 10.2. The van der Waals surface area contributed by atoms with Crippen LogP contribution in [0.1, 0.15) is 13.8 Å². The number of benzene rings is 1. The van der Waals surface area contributed by atoms with Crippen LogP contribution >= 0.6 is 0 Å². The molecule has 0 amide bonds. The molecular formula is C13H21N3O4. The summed E-state index contributed by atoms with van der Waals surface area (Å²) >= 11 is 0. The number of nitro groups is 1. The minimum absolute atomic E-state index is 0.0350. The zero-order chi connectivity index (χ0) is 15.1. The molecule has 0 aliphatic rings. The van der Waals surface area contributed by atoms with Gasteiger partial charge >= 0.3 is 0 Å². The van der Waals surface area contributed by atoms with E-state index in [0.717, 1.165) is 0 Å². The van der Waals surface area contributed by atoms with E-state index < -0.39 is 4.92 Å². The Morgan fingerprint density at radius 3 is 2.30 bits per heavy atom. The average Bonchev–Trinajstić information content (AvgIpc) is 2.42. The molecule has 0 heterocycles. The Hall–Kier alpha value is -2.02. The molecule has 0 aliphatic heterocycles. The smallest absolute Gasteiger partial charge is 0.296 e. The van der Waals surface area contributed by atoms with Gasteiger partial charge in [0.15, 0.2) is 11.5 Å². The number of nitro benzene ring substituents is 1. The quantitative estimate of drug-likeness (QED) is 0.431. The van der Waals surface area contributed by atoms with Gasteiger partial charge in [0, 0.05) is 25.2 Å². The van der Waals surface area contributed by atoms with Crippen LogP contribution < -0.4 is 20.1 Å². The van der Waals surface area contributed by atoms with E-state index in [4.69, 9.17) is 9.47 Å². The number of ether oxygens (including phenoxy) is 2. The first-order chi connectivity index (χ1) is 9.49. The van der Waals surface area contributed by atoms with Gasteiger partial charge < -0.3 is 20.1 Å². The first kappa shape index (κ1) is 16.0. The highest BCUT2D eigenvalue weighted by Gasteiger charge is 2.19. The summed E-state index contributed by atoms with van der Waals surface area (Å²) in [6.45, 7) is 5.37. The maximum absolute atomic E-state index is 11.1.